The number of nitrogens with zero attached hydrogens (tertiary/aromatic N) is 1. The van der Waals surface area contributed by atoms with Gasteiger partial charge >= 0.3 is 0 Å². The fraction of sp³-hybridized carbons (Fsp3) is 0.875. The van der Waals surface area contributed by atoms with Crippen molar-refractivity contribution in [3.63, 3.8) is 0 Å². The van der Waals surface area contributed by atoms with E-state index in [0.717, 1.165) is 6.08 Å². The van der Waals surface area contributed by atoms with Crippen LogP contribution >= 0.6 is 0 Å². The molecule has 0 aliphatic heterocycles. The van der Waals surface area contributed by atoms with Crippen molar-refractivity contribution in [2.45, 2.75) is 6.29 Å². The van der Waals surface area contributed by atoms with E-state index in [1.54, 1.807) is 0 Å². The van der Waals surface area contributed by atoms with E-state index in [9.17, 15) is 4.79 Å². The number of hydrogen-bond acceptors (Lipinski definition) is 8. The van der Waals surface area contributed by atoms with E-state index in [0.29, 0.717) is 0 Å². The lowest BCUT2D eigenvalue weighted by Crippen LogP contribution is -2.37. The molecule has 8 nitrogen and oxygen atoms in total. The van der Waals surface area contributed by atoms with Crippen LogP contribution in [0.5, 0.6) is 0 Å². The van der Waals surface area contributed by atoms with Gasteiger partial charge in [-0.3, -0.25) is 0 Å². The molecule has 0 saturated carbocycles. The van der Waals surface area contributed by atoms with E-state index in [1.807, 2.05) is 0 Å². The summed E-state index contributed by atoms with van der Waals surface area (Å²) in [7, 11) is 0. The molecule has 0 aromatic carbocycles. The van der Waals surface area contributed by atoms with Gasteiger partial charge in [0.1, 0.15) is 6.54 Å². The van der Waals surface area contributed by atoms with Gasteiger partial charge in [-0.1, -0.05) is 0 Å². The third-order valence-electron chi connectivity index (χ3n) is 1.66. The Kier molecular flexibility index (Phi) is 11.7. The van der Waals surface area contributed by atoms with Crippen molar-refractivity contribution in [3.05, 3.63) is 0 Å². The van der Waals surface area contributed by atoms with Gasteiger partial charge in [-0.05, 0) is 0 Å². The van der Waals surface area contributed by atoms with Crippen LogP contribution in [0.1, 0.15) is 0 Å². The second kappa shape index (κ2) is 10.7. The zero-order valence-corrected chi connectivity index (χ0v) is 8.65. The van der Waals surface area contributed by atoms with Crippen LogP contribution in [0.25, 0.3) is 0 Å². The normalized spacial score (nSPS) is 10.4. The average Bonchev–Trinajstić information content (AvgIpc) is 2.31. The highest BCUT2D eigenvalue weighted by Crippen LogP contribution is 2.11. The van der Waals surface area contributed by atoms with Gasteiger partial charge in [0.25, 0.3) is 0 Å². The second-order valence-corrected chi connectivity index (χ2v) is 3.05. The van der Waals surface area contributed by atoms with Gasteiger partial charge in [0, 0.05) is 0 Å². The average molecular weight is 239 g/mol. The van der Waals surface area contributed by atoms with Crippen molar-refractivity contribution in [3.8, 4) is 0 Å². The molecule has 0 aromatic rings. The van der Waals surface area contributed by atoms with Crippen LogP contribution in [0.3, 0.4) is 0 Å². The summed E-state index contributed by atoms with van der Waals surface area (Å²) in [6.07, 6.45) is -0.372. The first-order valence-corrected chi connectivity index (χ1v) is 4.35. The Morgan fingerprint density at radius 3 is 1.44 bits per heavy atom. The monoisotopic (exact) mass is 239 g/mol. The van der Waals surface area contributed by atoms with Gasteiger partial charge in [-0.2, -0.15) is 0 Å². The maximum Gasteiger partial charge on any atom is 0.235 e. The molecule has 6 N–H and O–H groups in total. The molecular formula is C8H17NO7. The fourth-order valence-corrected chi connectivity index (χ4v) is 0.419. The molecule has 0 unspecified atom stereocenters. The van der Waals surface area contributed by atoms with Crippen LogP contribution in [0.4, 0.5) is 0 Å². The number of carbonyl (C=O) groups excluding carboxylic acids is 1. The van der Waals surface area contributed by atoms with Gasteiger partial charge < -0.3 is 30.6 Å². The quantitative estimate of drug-likeness (QED) is 0.160. The summed E-state index contributed by atoms with van der Waals surface area (Å²) < 4.78 is 0. The number of hydrogen-bond donors (Lipinski definition) is 6. The molecule has 0 saturated heterocycles. The van der Waals surface area contributed by atoms with Crippen LogP contribution in [-0.2, 0) is 4.79 Å². The molecule has 0 bridgehead atoms. The Balaban J connectivity index is 0. The molecule has 0 radical (unpaired) electrons. The molecule has 0 aliphatic carbocycles. The Morgan fingerprint density at radius 2 is 1.38 bits per heavy atom. The minimum absolute atomic E-state index is 0.288. The first-order chi connectivity index (χ1) is 7.51. The number of rotatable bonds is 6. The molecule has 0 amide bonds. The third kappa shape index (κ3) is 8.45. The van der Waals surface area contributed by atoms with E-state index >= 15 is 0 Å². The zero-order chi connectivity index (χ0) is 13.0. The Bertz CT molecular complexity index is 181. The van der Waals surface area contributed by atoms with Crippen molar-refractivity contribution < 1.29 is 35.4 Å². The van der Waals surface area contributed by atoms with Crippen molar-refractivity contribution in [2.24, 2.45) is 10.4 Å². The van der Waals surface area contributed by atoms with E-state index in [2.05, 4.69) is 4.99 Å². The first kappa shape index (κ1) is 17.5. The van der Waals surface area contributed by atoms with Crippen molar-refractivity contribution in [1.29, 1.82) is 0 Å². The lowest BCUT2D eigenvalue weighted by Gasteiger charge is -2.23. The molecule has 0 atom stereocenters. The number of isocyanates is 1. The Labute approximate surface area is 92.1 Å². The number of aliphatic hydroxyl groups excluding tert-OH is 5. The third-order valence-corrected chi connectivity index (χ3v) is 1.66. The molecule has 0 rings (SSSR count). The lowest BCUT2D eigenvalue weighted by molar-refractivity contribution is -0.0329. The lowest BCUT2D eigenvalue weighted by atomic mass is 9.93. The molecule has 16 heavy (non-hydrogen) atoms. The predicted molar refractivity (Wildman–Crippen MR) is 52.0 cm³/mol. The molecule has 0 fully saturated rings. The topological polar surface area (TPSA) is 151 Å². The second-order valence-electron chi connectivity index (χ2n) is 3.05. The summed E-state index contributed by atoms with van der Waals surface area (Å²) in [6, 6.07) is 0. The Hall–Kier alpha value is -0.860. The first-order valence-electron chi connectivity index (χ1n) is 4.35. The largest absolute Gasteiger partial charge is 0.396 e. The number of aliphatic imine (C=N–C) groups is 1. The van der Waals surface area contributed by atoms with Gasteiger partial charge in [0.15, 0.2) is 6.29 Å². The van der Waals surface area contributed by atoms with Crippen molar-refractivity contribution in [2.75, 3.05) is 33.0 Å². The van der Waals surface area contributed by atoms with Crippen molar-refractivity contribution in [1.82, 2.24) is 0 Å². The van der Waals surface area contributed by atoms with Gasteiger partial charge in [0.2, 0.25) is 6.08 Å². The smallest absolute Gasteiger partial charge is 0.235 e. The summed E-state index contributed by atoms with van der Waals surface area (Å²) in [5.74, 6) is 0. The van der Waals surface area contributed by atoms with Gasteiger partial charge in [-0.25, -0.2) is 9.79 Å². The predicted octanol–water partition coefficient (Wildman–Crippen LogP) is -3.43. The van der Waals surface area contributed by atoms with E-state index in [1.165, 1.54) is 0 Å². The van der Waals surface area contributed by atoms with Gasteiger partial charge in [-0.15, -0.1) is 0 Å². The summed E-state index contributed by atoms with van der Waals surface area (Å²) >= 11 is 0. The van der Waals surface area contributed by atoms with Crippen LogP contribution in [0.15, 0.2) is 4.99 Å². The number of aliphatic hydroxyl groups is 6. The minimum atomic E-state index is -1.53. The van der Waals surface area contributed by atoms with E-state index in [-0.39, 0.29) is 6.54 Å². The highest BCUT2D eigenvalue weighted by atomic mass is 16.5. The highest BCUT2D eigenvalue weighted by molar-refractivity contribution is 5.32. The molecule has 8 heteroatoms. The highest BCUT2D eigenvalue weighted by Gasteiger charge is 2.26. The summed E-state index contributed by atoms with van der Waals surface area (Å²) in [5.41, 5.74) is -1.11. The van der Waals surface area contributed by atoms with E-state index < -0.39 is 38.1 Å². The molecule has 96 valence electrons. The maximum atomic E-state index is 9.20. The standard InChI is InChI=1S/C5H12O4.C3H5NO3/c6-1-5(2-7,3-8)4-9;5-2-4-1-3(6)7/h6-9H,1-4H2;3,6-7H,1H2. The van der Waals surface area contributed by atoms with Crippen LogP contribution < -0.4 is 0 Å². The van der Waals surface area contributed by atoms with E-state index in [4.69, 9.17) is 30.6 Å². The SMILES string of the molecule is O=C=NCC(O)O.OCC(CO)(CO)CO. The van der Waals surface area contributed by atoms with Gasteiger partial charge in [0.05, 0.1) is 31.8 Å². The maximum absolute atomic E-state index is 9.20. The Morgan fingerprint density at radius 1 is 1.00 bits per heavy atom. The van der Waals surface area contributed by atoms with Crippen LogP contribution in [0.2, 0.25) is 0 Å². The molecular weight excluding hydrogens is 222 g/mol. The van der Waals surface area contributed by atoms with Crippen LogP contribution in [-0.4, -0.2) is 76.0 Å². The van der Waals surface area contributed by atoms with Crippen LogP contribution in [0, 0.1) is 5.41 Å². The molecule has 0 aliphatic rings. The minimum Gasteiger partial charge on any atom is -0.396 e. The fourth-order valence-electron chi connectivity index (χ4n) is 0.419. The summed E-state index contributed by atoms with van der Waals surface area (Å²) in [5, 5.41) is 49.9. The zero-order valence-electron chi connectivity index (χ0n) is 8.65. The van der Waals surface area contributed by atoms with Crippen molar-refractivity contribution >= 4 is 6.08 Å². The molecule has 0 heterocycles. The summed E-state index contributed by atoms with van der Waals surface area (Å²) in [4.78, 5) is 12.1. The molecule has 0 spiro atoms. The molecule has 0 aromatic heterocycles. The summed E-state index contributed by atoms with van der Waals surface area (Å²) in [6.45, 7) is -1.91.